The van der Waals surface area contributed by atoms with Gasteiger partial charge in [0, 0.05) is 12.6 Å². The lowest BCUT2D eigenvalue weighted by atomic mass is 10.1. The first-order valence-electron chi connectivity index (χ1n) is 6.29. The molecule has 0 fully saturated rings. The van der Waals surface area contributed by atoms with Crippen LogP contribution >= 0.6 is 11.3 Å². The normalized spacial score (nSPS) is 11.9. The molecule has 7 nitrogen and oxygen atoms in total. The molecule has 8 heteroatoms. The Morgan fingerprint density at radius 2 is 2.29 bits per heavy atom. The van der Waals surface area contributed by atoms with Crippen LogP contribution in [-0.2, 0) is 9.59 Å². The van der Waals surface area contributed by atoms with Gasteiger partial charge in [0.15, 0.2) is 5.82 Å². The first-order chi connectivity index (χ1) is 10.1. The first kappa shape index (κ1) is 15.2. The zero-order valence-electron chi connectivity index (χ0n) is 11.3. The quantitative estimate of drug-likeness (QED) is 0.720. The summed E-state index contributed by atoms with van der Waals surface area (Å²) >= 11 is 1.49. The number of amides is 2. The fourth-order valence-electron chi connectivity index (χ4n) is 1.63. The van der Waals surface area contributed by atoms with Crippen LogP contribution in [0.15, 0.2) is 27.4 Å². The lowest BCUT2D eigenvalue weighted by Crippen LogP contribution is -2.36. The highest BCUT2D eigenvalue weighted by Crippen LogP contribution is 2.18. The molecule has 3 N–H and O–H groups in total. The number of thiophene rings is 1. The predicted molar refractivity (Wildman–Crippen MR) is 76.8 cm³/mol. The van der Waals surface area contributed by atoms with E-state index in [1.165, 1.54) is 17.4 Å². The standard InChI is InChI=1S/C13H15N3O4S/c1-8-6-11(16-20-8)15-13(19)12(18)14-4-2-10(17)9-3-5-21-7-9/h3,5-7,10,17H,2,4H2,1H3,(H,14,18)(H,15,16,19). The molecule has 0 radical (unpaired) electrons. The van der Waals surface area contributed by atoms with Crippen LogP contribution in [0.4, 0.5) is 5.82 Å². The Bertz CT molecular complexity index is 609. The first-order valence-corrected chi connectivity index (χ1v) is 7.23. The van der Waals surface area contributed by atoms with Gasteiger partial charge in [-0.1, -0.05) is 5.16 Å². The van der Waals surface area contributed by atoms with Crippen molar-refractivity contribution < 1.29 is 19.2 Å². The number of hydrogen-bond donors (Lipinski definition) is 3. The van der Waals surface area contributed by atoms with Crippen molar-refractivity contribution in [3.63, 3.8) is 0 Å². The summed E-state index contributed by atoms with van der Waals surface area (Å²) in [4.78, 5) is 23.1. The molecule has 2 aromatic heterocycles. The van der Waals surface area contributed by atoms with Gasteiger partial charge in [0.1, 0.15) is 5.76 Å². The van der Waals surface area contributed by atoms with Crippen LogP contribution in [0.2, 0.25) is 0 Å². The molecule has 112 valence electrons. The van der Waals surface area contributed by atoms with E-state index in [9.17, 15) is 14.7 Å². The molecule has 0 aliphatic carbocycles. The number of anilines is 1. The molecule has 0 saturated carbocycles. The van der Waals surface area contributed by atoms with Crippen molar-refractivity contribution in [3.8, 4) is 0 Å². The van der Waals surface area contributed by atoms with E-state index in [1.54, 1.807) is 6.92 Å². The van der Waals surface area contributed by atoms with E-state index in [4.69, 9.17) is 4.52 Å². The van der Waals surface area contributed by atoms with E-state index in [-0.39, 0.29) is 12.4 Å². The highest BCUT2D eigenvalue weighted by molar-refractivity contribution is 7.07. The third-order valence-electron chi connectivity index (χ3n) is 2.71. The van der Waals surface area contributed by atoms with Crippen molar-refractivity contribution in [1.82, 2.24) is 10.5 Å². The van der Waals surface area contributed by atoms with Crippen LogP contribution < -0.4 is 10.6 Å². The van der Waals surface area contributed by atoms with Crippen molar-refractivity contribution in [2.75, 3.05) is 11.9 Å². The maximum Gasteiger partial charge on any atom is 0.314 e. The Morgan fingerprint density at radius 3 is 2.90 bits per heavy atom. The summed E-state index contributed by atoms with van der Waals surface area (Å²) in [6, 6.07) is 3.32. The van der Waals surface area contributed by atoms with Crippen molar-refractivity contribution in [2.24, 2.45) is 0 Å². The molecule has 0 aliphatic rings. The average molecular weight is 309 g/mol. The summed E-state index contributed by atoms with van der Waals surface area (Å²) in [6.07, 6.45) is -0.323. The molecule has 0 bridgehead atoms. The van der Waals surface area contributed by atoms with Crippen molar-refractivity contribution in [2.45, 2.75) is 19.4 Å². The van der Waals surface area contributed by atoms with Gasteiger partial charge in [0.2, 0.25) is 0 Å². The molecule has 0 aromatic carbocycles. The molecule has 1 unspecified atom stereocenters. The molecular formula is C13H15N3O4S. The summed E-state index contributed by atoms with van der Waals surface area (Å²) in [5, 5.41) is 21.8. The summed E-state index contributed by atoms with van der Waals surface area (Å²) in [5.74, 6) is -0.892. The number of carbonyl (C=O) groups is 2. The predicted octanol–water partition coefficient (Wildman–Crippen LogP) is 1.22. The van der Waals surface area contributed by atoms with Gasteiger partial charge in [0.25, 0.3) is 0 Å². The van der Waals surface area contributed by atoms with E-state index < -0.39 is 17.9 Å². The van der Waals surface area contributed by atoms with Crippen LogP contribution in [-0.4, -0.2) is 28.6 Å². The van der Waals surface area contributed by atoms with Crippen LogP contribution in [0.1, 0.15) is 23.8 Å². The third kappa shape index (κ3) is 4.40. The van der Waals surface area contributed by atoms with Crippen molar-refractivity contribution in [3.05, 3.63) is 34.2 Å². The monoisotopic (exact) mass is 309 g/mol. The molecule has 21 heavy (non-hydrogen) atoms. The van der Waals surface area contributed by atoms with Crippen molar-refractivity contribution in [1.29, 1.82) is 0 Å². The zero-order valence-corrected chi connectivity index (χ0v) is 12.1. The summed E-state index contributed by atoms with van der Waals surface area (Å²) in [6.45, 7) is 1.87. The largest absolute Gasteiger partial charge is 0.388 e. The minimum Gasteiger partial charge on any atom is -0.388 e. The number of nitrogens with one attached hydrogen (secondary N) is 2. The lowest BCUT2D eigenvalue weighted by Gasteiger charge is -2.09. The van der Waals surface area contributed by atoms with E-state index in [0.29, 0.717) is 12.2 Å². The van der Waals surface area contributed by atoms with Crippen LogP contribution in [0, 0.1) is 6.92 Å². The van der Waals surface area contributed by atoms with E-state index in [1.807, 2.05) is 16.8 Å². The molecule has 1 atom stereocenters. The average Bonchev–Trinajstić information content (AvgIpc) is 3.10. The number of aromatic nitrogens is 1. The van der Waals surface area contributed by atoms with Gasteiger partial charge in [-0.15, -0.1) is 0 Å². The number of aliphatic hydroxyl groups is 1. The number of aryl methyl sites for hydroxylation is 1. The SMILES string of the molecule is Cc1cc(NC(=O)C(=O)NCCC(O)c2ccsc2)no1. The van der Waals surface area contributed by atoms with Crippen LogP contribution in [0.3, 0.4) is 0 Å². The van der Waals surface area contributed by atoms with E-state index in [0.717, 1.165) is 5.56 Å². The van der Waals surface area contributed by atoms with Crippen LogP contribution in [0.25, 0.3) is 0 Å². The second-order valence-corrected chi connectivity index (χ2v) is 5.17. The number of aliphatic hydroxyl groups excluding tert-OH is 1. The van der Waals surface area contributed by atoms with Gasteiger partial charge in [-0.2, -0.15) is 11.3 Å². The second-order valence-electron chi connectivity index (χ2n) is 4.39. The maximum atomic E-state index is 11.6. The molecule has 2 rings (SSSR count). The molecule has 2 amide bonds. The smallest absolute Gasteiger partial charge is 0.314 e. The maximum absolute atomic E-state index is 11.6. The van der Waals surface area contributed by atoms with Gasteiger partial charge in [-0.25, -0.2) is 0 Å². The third-order valence-corrected chi connectivity index (χ3v) is 3.41. The Balaban J connectivity index is 1.72. The Labute approximate surface area is 125 Å². The highest BCUT2D eigenvalue weighted by Gasteiger charge is 2.16. The Kier molecular flexibility index (Phi) is 5.07. The van der Waals surface area contributed by atoms with Gasteiger partial charge < -0.3 is 14.9 Å². The molecule has 2 aromatic rings. The summed E-state index contributed by atoms with van der Waals surface area (Å²) in [7, 11) is 0. The molecule has 0 aliphatic heterocycles. The van der Waals surface area contributed by atoms with E-state index in [2.05, 4.69) is 15.8 Å². The molecule has 0 saturated heterocycles. The minimum atomic E-state index is -0.826. The molecule has 2 heterocycles. The van der Waals surface area contributed by atoms with E-state index >= 15 is 0 Å². The second kappa shape index (κ2) is 7.00. The summed E-state index contributed by atoms with van der Waals surface area (Å²) < 4.78 is 4.77. The fourth-order valence-corrected chi connectivity index (χ4v) is 2.34. The minimum absolute atomic E-state index is 0.186. The number of nitrogens with zero attached hydrogens (tertiary/aromatic N) is 1. The fraction of sp³-hybridized carbons (Fsp3) is 0.308. The van der Waals surface area contributed by atoms with Gasteiger partial charge in [-0.05, 0) is 35.7 Å². The van der Waals surface area contributed by atoms with Crippen molar-refractivity contribution >= 4 is 29.0 Å². The summed E-state index contributed by atoms with van der Waals surface area (Å²) in [5.41, 5.74) is 0.803. The topological polar surface area (TPSA) is 104 Å². The molecule has 0 spiro atoms. The number of hydrogen-bond acceptors (Lipinski definition) is 6. The molecular weight excluding hydrogens is 294 g/mol. The lowest BCUT2D eigenvalue weighted by molar-refractivity contribution is -0.136. The van der Waals surface area contributed by atoms with Gasteiger partial charge in [0.05, 0.1) is 6.10 Å². The Morgan fingerprint density at radius 1 is 1.48 bits per heavy atom. The Hall–Kier alpha value is -2.19. The van der Waals surface area contributed by atoms with Gasteiger partial charge >= 0.3 is 11.8 Å². The zero-order chi connectivity index (χ0) is 15.2. The number of carbonyl (C=O) groups excluding carboxylic acids is 2. The number of rotatable bonds is 5. The van der Waals surface area contributed by atoms with Gasteiger partial charge in [-0.3, -0.25) is 14.9 Å². The highest BCUT2D eigenvalue weighted by atomic mass is 32.1. The van der Waals surface area contributed by atoms with Crippen LogP contribution in [0.5, 0.6) is 0 Å².